The molecule has 0 fully saturated rings. The second-order valence-corrected chi connectivity index (χ2v) is 8.28. The Labute approximate surface area is 154 Å². The minimum atomic E-state index is -3.53. The number of sulfonamides is 1. The normalized spacial score (nSPS) is 11.4. The Balaban J connectivity index is 1.83. The number of carbonyl (C=O) groups excluding carboxylic acids is 1. The van der Waals surface area contributed by atoms with Crippen molar-refractivity contribution in [2.24, 2.45) is 0 Å². The molecule has 2 rings (SSSR count). The van der Waals surface area contributed by atoms with Crippen LogP contribution in [0.3, 0.4) is 0 Å². The standard InChI is InChI=1S/C19H24N2O4S/c1-15-9-11-17(12-10-15)25-13-5-8-19(22)20-16-6-4-7-18(14-16)26(23,24)21(2)3/h4,6-7,9-12,14H,5,8,13H2,1-3H3,(H,20,22). The van der Waals surface area contributed by atoms with Crippen molar-refractivity contribution in [1.82, 2.24) is 4.31 Å². The van der Waals surface area contributed by atoms with Crippen LogP contribution in [-0.4, -0.2) is 39.3 Å². The molecular formula is C19H24N2O4S. The summed E-state index contributed by atoms with van der Waals surface area (Å²) in [6, 6.07) is 13.9. The minimum absolute atomic E-state index is 0.142. The highest BCUT2D eigenvalue weighted by Gasteiger charge is 2.17. The quantitative estimate of drug-likeness (QED) is 0.719. The fourth-order valence-electron chi connectivity index (χ4n) is 2.23. The third-order valence-corrected chi connectivity index (χ3v) is 5.55. The molecule has 2 aromatic rings. The smallest absolute Gasteiger partial charge is 0.242 e. The summed E-state index contributed by atoms with van der Waals surface area (Å²) in [6.07, 6.45) is 0.853. The van der Waals surface area contributed by atoms with Gasteiger partial charge in [-0.3, -0.25) is 4.79 Å². The summed E-state index contributed by atoms with van der Waals surface area (Å²) in [7, 11) is -0.594. The Bertz CT molecular complexity index is 846. The number of carbonyl (C=O) groups is 1. The summed E-state index contributed by atoms with van der Waals surface area (Å²) < 4.78 is 31.0. The van der Waals surface area contributed by atoms with Crippen LogP contribution in [0.15, 0.2) is 53.4 Å². The number of rotatable bonds is 8. The molecule has 0 bridgehead atoms. The third-order valence-electron chi connectivity index (χ3n) is 3.73. The predicted octanol–water partition coefficient (Wildman–Crippen LogP) is 3.04. The first kappa shape index (κ1) is 19.9. The van der Waals surface area contributed by atoms with Crippen molar-refractivity contribution in [2.45, 2.75) is 24.7 Å². The molecule has 0 radical (unpaired) electrons. The van der Waals surface area contributed by atoms with Gasteiger partial charge in [-0.1, -0.05) is 23.8 Å². The van der Waals surface area contributed by atoms with Gasteiger partial charge in [0.1, 0.15) is 5.75 Å². The van der Waals surface area contributed by atoms with E-state index in [4.69, 9.17) is 4.74 Å². The van der Waals surface area contributed by atoms with Gasteiger partial charge in [-0.15, -0.1) is 0 Å². The van der Waals surface area contributed by atoms with E-state index >= 15 is 0 Å². The summed E-state index contributed by atoms with van der Waals surface area (Å²) in [6.45, 7) is 2.44. The Kier molecular flexibility index (Phi) is 6.76. The van der Waals surface area contributed by atoms with E-state index in [1.54, 1.807) is 12.1 Å². The van der Waals surface area contributed by atoms with Crippen LogP contribution in [0.2, 0.25) is 0 Å². The lowest BCUT2D eigenvalue weighted by atomic mass is 10.2. The highest BCUT2D eigenvalue weighted by atomic mass is 32.2. The van der Waals surface area contributed by atoms with E-state index in [2.05, 4.69) is 5.32 Å². The topological polar surface area (TPSA) is 75.7 Å². The summed E-state index contributed by atoms with van der Waals surface area (Å²) in [4.78, 5) is 12.2. The lowest BCUT2D eigenvalue weighted by molar-refractivity contribution is -0.116. The maximum atomic E-state index is 12.1. The molecule has 0 aliphatic heterocycles. The maximum absolute atomic E-state index is 12.1. The van der Waals surface area contributed by atoms with E-state index in [9.17, 15) is 13.2 Å². The lowest BCUT2D eigenvalue weighted by Crippen LogP contribution is -2.22. The summed E-state index contributed by atoms with van der Waals surface area (Å²) >= 11 is 0. The summed E-state index contributed by atoms with van der Waals surface area (Å²) in [5, 5.41) is 2.72. The molecule has 1 amide bonds. The van der Waals surface area contributed by atoms with Crippen LogP contribution in [0.4, 0.5) is 5.69 Å². The fourth-order valence-corrected chi connectivity index (χ4v) is 3.17. The number of benzene rings is 2. The number of nitrogens with zero attached hydrogens (tertiary/aromatic N) is 1. The maximum Gasteiger partial charge on any atom is 0.242 e. The third kappa shape index (κ3) is 5.57. The Morgan fingerprint density at radius 1 is 1.12 bits per heavy atom. The van der Waals surface area contributed by atoms with Crippen LogP contribution in [0, 0.1) is 6.92 Å². The highest BCUT2D eigenvalue weighted by molar-refractivity contribution is 7.89. The Hall–Kier alpha value is -2.38. The molecule has 2 aromatic carbocycles. The molecule has 0 atom stereocenters. The van der Waals surface area contributed by atoms with Gasteiger partial charge in [0.25, 0.3) is 0 Å². The van der Waals surface area contributed by atoms with E-state index in [0.717, 1.165) is 15.6 Å². The van der Waals surface area contributed by atoms with Crippen LogP contribution < -0.4 is 10.1 Å². The number of aryl methyl sites for hydroxylation is 1. The van der Waals surface area contributed by atoms with Gasteiger partial charge in [0, 0.05) is 26.2 Å². The predicted molar refractivity (Wildman–Crippen MR) is 102 cm³/mol. The van der Waals surface area contributed by atoms with Crippen LogP contribution >= 0.6 is 0 Å². The fraction of sp³-hybridized carbons (Fsp3) is 0.316. The lowest BCUT2D eigenvalue weighted by Gasteiger charge is -2.12. The largest absolute Gasteiger partial charge is 0.494 e. The van der Waals surface area contributed by atoms with Gasteiger partial charge >= 0.3 is 0 Å². The van der Waals surface area contributed by atoms with Gasteiger partial charge in [0.05, 0.1) is 11.5 Å². The number of anilines is 1. The molecule has 6 nitrogen and oxygen atoms in total. The van der Waals surface area contributed by atoms with Crippen molar-refractivity contribution in [3.8, 4) is 5.75 Å². The van der Waals surface area contributed by atoms with Crippen molar-refractivity contribution in [3.05, 3.63) is 54.1 Å². The highest BCUT2D eigenvalue weighted by Crippen LogP contribution is 2.18. The molecule has 7 heteroatoms. The van der Waals surface area contributed by atoms with Crippen molar-refractivity contribution >= 4 is 21.6 Å². The van der Waals surface area contributed by atoms with Gasteiger partial charge in [-0.2, -0.15) is 0 Å². The molecule has 140 valence electrons. The first-order valence-electron chi connectivity index (χ1n) is 8.31. The van der Waals surface area contributed by atoms with Gasteiger partial charge in [0.15, 0.2) is 0 Å². The average Bonchev–Trinajstić information content (AvgIpc) is 2.60. The molecule has 26 heavy (non-hydrogen) atoms. The molecule has 0 aliphatic rings. The van der Waals surface area contributed by atoms with Crippen molar-refractivity contribution in [3.63, 3.8) is 0 Å². The van der Waals surface area contributed by atoms with Crippen molar-refractivity contribution in [1.29, 1.82) is 0 Å². The zero-order valence-corrected chi connectivity index (χ0v) is 16.0. The summed E-state index contributed by atoms with van der Waals surface area (Å²) in [5.74, 6) is 0.592. The van der Waals surface area contributed by atoms with E-state index in [-0.39, 0.29) is 17.2 Å². The molecule has 0 heterocycles. The van der Waals surface area contributed by atoms with Crippen LogP contribution in [0.25, 0.3) is 0 Å². The van der Waals surface area contributed by atoms with Crippen LogP contribution in [-0.2, 0) is 14.8 Å². The van der Waals surface area contributed by atoms with Crippen molar-refractivity contribution in [2.75, 3.05) is 26.0 Å². The first-order chi connectivity index (χ1) is 12.3. The molecule has 0 aliphatic carbocycles. The zero-order chi connectivity index (χ0) is 19.2. The molecule has 1 N–H and O–H groups in total. The second kappa shape index (κ2) is 8.82. The number of hydrogen-bond donors (Lipinski definition) is 1. The van der Waals surface area contributed by atoms with Gasteiger partial charge < -0.3 is 10.1 Å². The molecule has 0 saturated carbocycles. The second-order valence-electron chi connectivity index (χ2n) is 6.13. The zero-order valence-electron chi connectivity index (χ0n) is 15.2. The van der Waals surface area contributed by atoms with Crippen LogP contribution in [0.5, 0.6) is 5.75 Å². The van der Waals surface area contributed by atoms with Gasteiger partial charge in [-0.05, 0) is 43.7 Å². The van der Waals surface area contributed by atoms with Crippen LogP contribution in [0.1, 0.15) is 18.4 Å². The SMILES string of the molecule is Cc1ccc(OCCCC(=O)Nc2cccc(S(=O)(=O)N(C)C)c2)cc1. The molecule has 0 aromatic heterocycles. The monoisotopic (exact) mass is 376 g/mol. The van der Waals surface area contributed by atoms with Gasteiger partial charge in [-0.25, -0.2) is 12.7 Å². The van der Waals surface area contributed by atoms with Gasteiger partial charge in [0.2, 0.25) is 15.9 Å². The molecule has 0 saturated heterocycles. The average molecular weight is 376 g/mol. The number of hydrogen-bond acceptors (Lipinski definition) is 4. The van der Waals surface area contributed by atoms with E-state index in [1.807, 2.05) is 31.2 Å². The number of nitrogens with one attached hydrogen (secondary N) is 1. The van der Waals surface area contributed by atoms with E-state index in [0.29, 0.717) is 18.7 Å². The Morgan fingerprint density at radius 2 is 1.81 bits per heavy atom. The van der Waals surface area contributed by atoms with E-state index < -0.39 is 10.0 Å². The number of ether oxygens (including phenoxy) is 1. The van der Waals surface area contributed by atoms with Crippen molar-refractivity contribution < 1.29 is 17.9 Å². The minimum Gasteiger partial charge on any atom is -0.494 e. The number of amides is 1. The molecular weight excluding hydrogens is 352 g/mol. The molecule has 0 unspecified atom stereocenters. The Morgan fingerprint density at radius 3 is 2.46 bits per heavy atom. The summed E-state index contributed by atoms with van der Waals surface area (Å²) in [5.41, 5.74) is 1.62. The molecule has 0 spiro atoms. The first-order valence-corrected chi connectivity index (χ1v) is 9.75. The van der Waals surface area contributed by atoms with E-state index in [1.165, 1.54) is 26.2 Å².